The van der Waals surface area contributed by atoms with E-state index in [4.69, 9.17) is 18.9 Å². The minimum atomic E-state index is -0.609. The monoisotopic (exact) mass is 246 g/mol. The SMILES string of the molecule is COC1O[C@H]([C@@H](C)OC(C)=O)C[C@H]1OC(C)=O. The zero-order valence-electron chi connectivity index (χ0n) is 10.5. The Morgan fingerprint density at radius 2 is 1.94 bits per heavy atom. The molecule has 0 aromatic carbocycles. The number of methoxy groups -OCH3 is 1. The van der Waals surface area contributed by atoms with Gasteiger partial charge in [-0.1, -0.05) is 0 Å². The molecule has 0 saturated carbocycles. The first-order valence-electron chi connectivity index (χ1n) is 5.46. The van der Waals surface area contributed by atoms with Crippen molar-refractivity contribution in [3.63, 3.8) is 0 Å². The van der Waals surface area contributed by atoms with Crippen molar-refractivity contribution >= 4 is 11.9 Å². The van der Waals surface area contributed by atoms with Gasteiger partial charge >= 0.3 is 11.9 Å². The molecule has 0 radical (unpaired) electrons. The predicted molar refractivity (Wildman–Crippen MR) is 57.1 cm³/mol. The summed E-state index contributed by atoms with van der Waals surface area (Å²) in [6, 6.07) is 0. The molecular formula is C11H18O6. The van der Waals surface area contributed by atoms with Crippen LogP contribution >= 0.6 is 0 Å². The molecule has 1 heterocycles. The molecule has 6 heteroatoms. The fourth-order valence-electron chi connectivity index (χ4n) is 1.82. The van der Waals surface area contributed by atoms with Crippen LogP contribution in [0.5, 0.6) is 0 Å². The number of ether oxygens (including phenoxy) is 4. The molecule has 98 valence electrons. The Balaban J connectivity index is 2.56. The van der Waals surface area contributed by atoms with E-state index >= 15 is 0 Å². The van der Waals surface area contributed by atoms with Crippen LogP contribution in [-0.2, 0) is 28.5 Å². The van der Waals surface area contributed by atoms with Crippen molar-refractivity contribution in [3.8, 4) is 0 Å². The summed E-state index contributed by atoms with van der Waals surface area (Å²) in [5.74, 6) is -0.757. The van der Waals surface area contributed by atoms with Crippen molar-refractivity contribution in [2.75, 3.05) is 7.11 Å². The number of carbonyl (C=O) groups is 2. The summed E-state index contributed by atoms with van der Waals surface area (Å²) in [7, 11) is 1.47. The maximum absolute atomic E-state index is 10.9. The first kappa shape index (κ1) is 13.9. The van der Waals surface area contributed by atoms with Crippen LogP contribution in [0.1, 0.15) is 27.2 Å². The van der Waals surface area contributed by atoms with Gasteiger partial charge in [0.25, 0.3) is 0 Å². The molecule has 0 aromatic rings. The van der Waals surface area contributed by atoms with Crippen molar-refractivity contribution in [1.29, 1.82) is 0 Å². The molecule has 1 saturated heterocycles. The summed E-state index contributed by atoms with van der Waals surface area (Å²) in [5.41, 5.74) is 0. The van der Waals surface area contributed by atoms with E-state index in [1.807, 2.05) is 0 Å². The number of rotatable bonds is 4. The normalized spacial score (nSPS) is 29.8. The van der Waals surface area contributed by atoms with Gasteiger partial charge in [-0.15, -0.1) is 0 Å². The molecule has 0 aliphatic carbocycles. The Morgan fingerprint density at radius 3 is 2.41 bits per heavy atom. The van der Waals surface area contributed by atoms with Crippen LogP contribution in [-0.4, -0.2) is 43.7 Å². The van der Waals surface area contributed by atoms with Crippen molar-refractivity contribution in [2.45, 2.75) is 51.8 Å². The van der Waals surface area contributed by atoms with Gasteiger partial charge in [0.2, 0.25) is 0 Å². The highest BCUT2D eigenvalue weighted by molar-refractivity contribution is 5.66. The number of hydrogen-bond donors (Lipinski definition) is 0. The second kappa shape index (κ2) is 5.97. The second-order valence-corrected chi connectivity index (χ2v) is 3.98. The third-order valence-corrected chi connectivity index (χ3v) is 2.50. The Morgan fingerprint density at radius 1 is 1.29 bits per heavy atom. The molecule has 4 atom stereocenters. The summed E-state index contributed by atoms with van der Waals surface area (Å²) in [5, 5.41) is 0. The molecule has 0 bridgehead atoms. The average molecular weight is 246 g/mol. The minimum Gasteiger partial charge on any atom is -0.460 e. The Kier molecular flexibility index (Phi) is 4.89. The maximum atomic E-state index is 10.9. The van der Waals surface area contributed by atoms with Crippen LogP contribution in [0.25, 0.3) is 0 Å². The molecule has 0 spiro atoms. The first-order valence-corrected chi connectivity index (χ1v) is 5.46. The Hall–Kier alpha value is -1.14. The van der Waals surface area contributed by atoms with Gasteiger partial charge in [0.15, 0.2) is 12.4 Å². The molecular weight excluding hydrogens is 228 g/mol. The van der Waals surface area contributed by atoms with Crippen LogP contribution < -0.4 is 0 Å². The third-order valence-electron chi connectivity index (χ3n) is 2.50. The van der Waals surface area contributed by atoms with Gasteiger partial charge in [-0.05, 0) is 6.92 Å². The fraction of sp³-hybridized carbons (Fsp3) is 0.818. The van der Waals surface area contributed by atoms with E-state index in [1.165, 1.54) is 21.0 Å². The van der Waals surface area contributed by atoms with Crippen LogP contribution in [0, 0.1) is 0 Å². The quantitative estimate of drug-likeness (QED) is 0.677. The molecule has 1 unspecified atom stereocenters. The van der Waals surface area contributed by atoms with E-state index in [9.17, 15) is 9.59 Å². The minimum absolute atomic E-state index is 0.326. The maximum Gasteiger partial charge on any atom is 0.303 e. The smallest absolute Gasteiger partial charge is 0.303 e. The summed E-state index contributed by atoms with van der Waals surface area (Å²) >= 11 is 0. The zero-order valence-corrected chi connectivity index (χ0v) is 10.5. The van der Waals surface area contributed by atoms with Gasteiger partial charge in [-0.2, -0.15) is 0 Å². The van der Waals surface area contributed by atoms with Gasteiger partial charge in [0, 0.05) is 27.4 Å². The molecule has 1 aliphatic heterocycles. The van der Waals surface area contributed by atoms with Gasteiger partial charge in [0.05, 0.1) is 0 Å². The molecule has 0 N–H and O–H groups in total. The van der Waals surface area contributed by atoms with E-state index in [-0.39, 0.29) is 18.0 Å². The molecule has 1 rings (SSSR count). The van der Waals surface area contributed by atoms with Gasteiger partial charge < -0.3 is 18.9 Å². The lowest BCUT2D eigenvalue weighted by Gasteiger charge is -2.18. The lowest BCUT2D eigenvalue weighted by atomic mass is 10.1. The molecule has 0 aromatic heterocycles. The van der Waals surface area contributed by atoms with Crippen LogP contribution in [0.4, 0.5) is 0 Å². The van der Waals surface area contributed by atoms with Gasteiger partial charge in [-0.25, -0.2) is 0 Å². The fourth-order valence-corrected chi connectivity index (χ4v) is 1.82. The van der Waals surface area contributed by atoms with Crippen molar-refractivity contribution in [2.24, 2.45) is 0 Å². The molecule has 6 nitrogen and oxygen atoms in total. The van der Waals surface area contributed by atoms with E-state index < -0.39 is 18.5 Å². The second-order valence-electron chi connectivity index (χ2n) is 3.98. The molecule has 1 fully saturated rings. The predicted octanol–water partition coefficient (Wildman–Crippen LogP) is 0.631. The molecule has 17 heavy (non-hydrogen) atoms. The summed E-state index contributed by atoms with van der Waals surface area (Å²) in [6.45, 7) is 4.40. The van der Waals surface area contributed by atoms with Crippen LogP contribution in [0.2, 0.25) is 0 Å². The Labute approximate surface area is 100 Å². The first-order chi connectivity index (χ1) is 7.93. The number of hydrogen-bond acceptors (Lipinski definition) is 6. The topological polar surface area (TPSA) is 71.1 Å². The van der Waals surface area contributed by atoms with Gasteiger partial charge in [0.1, 0.15) is 12.2 Å². The molecule has 0 amide bonds. The molecule has 1 aliphatic rings. The lowest BCUT2D eigenvalue weighted by molar-refractivity contribution is -0.185. The summed E-state index contributed by atoms with van der Waals surface area (Å²) in [4.78, 5) is 21.7. The van der Waals surface area contributed by atoms with E-state index in [1.54, 1.807) is 6.92 Å². The van der Waals surface area contributed by atoms with Crippen LogP contribution in [0.15, 0.2) is 0 Å². The largest absolute Gasteiger partial charge is 0.460 e. The van der Waals surface area contributed by atoms with E-state index in [0.717, 1.165) is 0 Å². The highest BCUT2D eigenvalue weighted by Gasteiger charge is 2.41. The van der Waals surface area contributed by atoms with Crippen molar-refractivity contribution < 1.29 is 28.5 Å². The lowest BCUT2D eigenvalue weighted by Crippen LogP contribution is -2.28. The third kappa shape index (κ3) is 3.98. The number of carbonyl (C=O) groups excluding carboxylic acids is 2. The zero-order chi connectivity index (χ0) is 13.0. The summed E-state index contributed by atoms with van der Waals surface area (Å²) < 4.78 is 20.7. The standard InChI is InChI=1S/C11H18O6/c1-6(15-7(2)12)9-5-10(16-8(3)13)11(14-4)17-9/h6,9-11H,5H2,1-4H3/t6-,9+,10-,11?/m1/s1. The highest BCUT2D eigenvalue weighted by Crippen LogP contribution is 2.27. The number of esters is 2. The van der Waals surface area contributed by atoms with Crippen molar-refractivity contribution in [1.82, 2.24) is 0 Å². The van der Waals surface area contributed by atoms with Gasteiger partial charge in [-0.3, -0.25) is 9.59 Å². The van der Waals surface area contributed by atoms with Crippen molar-refractivity contribution in [3.05, 3.63) is 0 Å². The van der Waals surface area contributed by atoms with E-state index in [2.05, 4.69) is 0 Å². The Bertz CT molecular complexity index is 290. The van der Waals surface area contributed by atoms with E-state index in [0.29, 0.717) is 6.42 Å². The highest BCUT2D eigenvalue weighted by atomic mass is 16.7. The average Bonchev–Trinajstić information content (AvgIpc) is 2.59. The van der Waals surface area contributed by atoms with Crippen LogP contribution in [0.3, 0.4) is 0 Å². The summed E-state index contributed by atoms with van der Waals surface area (Å²) in [6.07, 6.45) is -1.34.